The molecule has 0 unspecified atom stereocenters. The molecule has 0 aromatic heterocycles. The fourth-order valence-corrected chi connectivity index (χ4v) is 2.39. The van der Waals surface area contributed by atoms with Crippen LogP contribution < -0.4 is 5.32 Å². The number of halogens is 2. The normalized spacial score (nSPS) is 10.1. The van der Waals surface area contributed by atoms with Crippen LogP contribution in [0.4, 0.5) is 5.69 Å². The Morgan fingerprint density at radius 1 is 1.14 bits per heavy atom. The molecule has 114 valence electrons. The average Bonchev–Trinajstić information content (AvgIpc) is 2.50. The van der Waals surface area contributed by atoms with Crippen LogP contribution in [0.2, 0.25) is 10.0 Å². The van der Waals surface area contributed by atoms with Gasteiger partial charge in [0.1, 0.15) is 0 Å². The molecule has 0 radical (unpaired) electrons. The van der Waals surface area contributed by atoms with Gasteiger partial charge >= 0.3 is 5.97 Å². The van der Waals surface area contributed by atoms with Gasteiger partial charge in [0.15, 0.2) is 0 Å². The lowest BCUT2D eigenvalue weighted by molar-refractivity contribution is -0.115. The third-order valence-electron chi connectivity index (χ3n) is 2.97. The van der Waals surface area contributed by atoms with E-state index < -0.39 is 5.97 Å². The summed E-state index contributed by atoms with van der Waals surface area (Å²) in [6.07, 6.45) is 0.0749. The number of carbonyl (C=O) groups excluding carboxylic acids is 2. The zero-order chi connectivity index (χ0) is 16.1. The van der Waals surface area contributed by atoms with Crippen molar-refractivity contribution >= 4 is 40.8 Å². The van der Waals surface area contributed by atoms with Gasteiger partial charge in [0.05, 0.1) is 24.8 Å². The predicted octanol–water partition coefficient (Wildman–Crippen LogP) is 3.96. The lowest BCUT2D eigenvalue weighted by Crippen LogP contribution is -2.17. The Morgan fingerprint density at radius 3 is 2.55 bits per heavy atom. The summed E-state index contributed by atoms with van der Waals surface area (Å²) in [5, 5.41) is 3.61. The molecule has 0 aliphatic rings. The number of benzene rings is 2. The van der Waals surface area contributed by atoms with Gasteiger partial charge in [0.25, 0.3) is 0 Å². The Kier molecular flexibility index (Phi) is 5.41. The van der Waals surface area contributed by atoms with Gasteiger partial charge in [0.2, 0.25) is 5.91 Å². The summed E-state index contributed by atoms with van der Waals surface area (Å²) in [6.45, 7) is 0. The number of hydrogen-bond acceptors (Lipinski definition) is 3. The molecule has 0 saturated heterocycles. The van der Waals surface area contributed by atoms with Crippen molar-refractivity contribution in [3.05, 3.63) is 63.6 Å². The zero-order valence-electron chi connectivity index (χ0n) is 11.7. The SMILES string of the molecule is COC(=O)c1ccccc1NC(=O)Cc1ccc(Cl)cc1Cl. The van der Waals surface area contributed by atoms with E-state index in [0.29, 0.717) is 26.9 Å². The minimum absolute atomic E-state index is 0.0749. The van der Waals surface area contributed by atoms with Crippen molar-refractivity contribution in [3.63, 3.8) is 0 Å². The maximum atomic E-state index is 12.1. The van der Waals surface area contributed by atoms with Crippen LogP contribution in [-0.4, -0.2) is 19.0 Å². The highest BCUT2D eigenvalue weighted by Crippen LogP contribution is 2.22. The zero-order valence-corrected chi connectivity index (χ0v) is 13.2. The van der Waals surface area contributed by atoms with E-state index >= 15 is 0 Å². The van der Waals surface area contributed by atoms with Gasteiger partial charge in [-0.2, -0.15) is 0 Å². The Labute approximate surface area is 138 Å². The van der Waals surface area contributed by atoms with Gasteiger partial charge in [-0.1, -0.05) is 41.4 Å². The summed E-state index contributed by atoms with van der Waals surface area (Å²) in [6, 6.07) is 11.6. The minimum Gasteiger partial charge on any atom is -0.465 e. The number of ether oxygens (including phenoxy) is 1. The number of rotatable bonds is 4. The van der Waals surface area contributed by atoms with Gasteiger partial charge in [-0.3, -0.25) is 4.79 Å². The fourth-order valence-electron chi connectivity index (χ4n) is 1.91. The topological polar surface area (TPSA) is 55.4 Å². The number of nitrogens with one attached hydrogen (secondary N) is 1. The standard InChI is InChI=1S/C16H13Cl2NO3/c1-22-16(21)12-4-2-3-5-14(12)19-15(20)8-10-6-7-11(17)9-13(10)18/h2-7,9H,8H2,1H3,(H,19,20). The monoisotopic (exact) mass is 337 g/mol. The Balaban J connectivity index is 2.14. The van der Waals surface area contributed by atoms with E-state index in [-0.39, 0.29) is 12.3 Å². The van der Waals surface area contributed by atoms with E-state index in [1.165, 1.54) is 7.11 Å². The molecular weight excluding hydrogens is 325 g/mol. The fraction of sp³-hybridized carbons (Fsp3) is 0.125. The molecule has 22 heavy (non-hydrogen) atoms. The molecule has 2 rings (SSSR count). The molecule has 0 fully saturated rings. The Hall–Kier alpha value is -2.04. The van der Waals surface area contributed by atoms with E-state index in [1.807, 2.05) is 0 Å². The summed E-state index contributed by atoms with van der Waals surface area (Å²) < 4.78 is 4.68. The number of amides is 1. The predicted molar refractivity (Wildman–Crippen MR) is 86.6 cm³/mol. The minimum atomic E-state index is -0.513. The summed E-state index contributed by atoms with van der Waals surface area (Å²) in [5.41, 5.74) is 1.34. The molecule has 0 saturated carbocycles. The van der Waals surface area contributed by atoms with Crippen LogP contribution in [0, 0.1) is 0 Å². The maximum Gasteiger partial charge on any atom is 0.339 e. The van der Waals surface area contributed by atoms with Crippen LogP contribution in [-0.2, 0) is 16.0 Å². The van der Waals surface area contributed by atoms with Crippen molar-refractivity contribution in [1.82, 2.24) is 0 Å². The van der Waals surface area contributed by atoms with Gasteiger partial charge in [-0.25, -0.2) is 4.79 Å². The second-order valence-electron chi connectivity index (χ2n) is 4.50. The largest absolute Gasteiger partial charge is 0.465 e. The van der Waals surface area contributed by atoms with Crippen molar-refractivity contribution in [2.75, 3.05) is 12.4 Å². The molecule has 0 aliphatic carbocycles. The molecule has 1 amide bonds. The highest BCUT2D eigenvalue weighted by atomic mass is 35.5. The van der Waals surface area contributed by atoms with E-state index in [0.717, 1.165) is 0 Å². The van der Waals surface area contributed by atoms with Crippen LogP contribution in [0.3, 0.4) is 0 Å². The molecule has 6 heteroatoms. The van der Waals surface area contributed by atoms with Crippen LogP contribution >= 0.6 is 23.2 Å². The van der Waals surface area contributed by atoms with Crippen molar-refractivity contribution < 1.29 is 14.3 Å². The molecule has 0 atom stereocenters. The molecule has 0 aliphatic heterocycles. The van der Waals surface area contributed by atoms with Gasteiger partial charge in [-0.15, -0.1) is 0 Å². The molecule has 1 N–H and O–H groups in total. The number of hydrogen-bond donors (Lipinski definition) is 1. The average molecular weight is 338 g/mol. The van der Waals surface area contributed by atoms with E-state index in [2.05, 4.69) is 10.1 Å². The van der Waals surface area contributed by atoms with Crippen molar-refractivity contribution in [3.8, 4) is 0 Å². The van der Waals surface area contributed by atoms with Gasteiger partial charge in [-0.05, 0) is 29.8 Å². The molecule has 2 aromatic rings. The first kappa shape index (κ1) is 16.3. The quantitative estimate of drug-likeness (QED) is 0.859. The van der Waals surface area contributed by atoms with Gasteiger partial charge < -0.3 is 10.1 Å². The maximum absolute atomic E-state index is 12.1. The second kappa shape index (κ2) is 7.29. The summed E-state index contributed by atoms with van der Waals surface area (Å²) >= 11 is 11.9. The third-order valence-corrected chi connectivity index (χ3v) is 3.56. The number of para-hydroxylation sites is 1. The van der Waals surface area contributed by atoms with Crippen molar-refractivity contribution in [2.45, 2.75) is 6.42 Å². The molecule has 0 spiro atoms. The second-order valence-corrected chi connectivity index (χ2v) is 5.34. The van der Waals surface area contributed by atoms with Crippen LogP contribution in [0.25, 0.3) is 0 Å². The first-order chi connectivity index (χ1) is 10.5. The first-order valence-electron chi connectivity index (χ1n) is 6.42. The van der Waals surface area contributed by atoms with Crippen molar-refractivity contribution in [2.24, 2.45) is 0 Å². The highest BCUT2D eigenvalue weighted by molar-refractivity contribution is 6.35. The summed E-state index contributed by atoms with van der Waals surface area (Å²) in [4.78, 5) is 23.8. The van der Waals surface area contributed by atoms with E-state index in [9.17, 15) is 9.59 Å². The number of methoxy groups -OCH3 is 1. The third kappa shape index (κ3) is 4.00. The van der Waals surface area contributed by atoms with Crippen LogP contribution in [0.15, 0.2) is 42.5 Å². The van der Waals surface area contributed by atoms with E-state index in [4.69, 9.17) is 23.2 Å². The summed E-state index contributed by atoms with van der Waals surface area (Å²) in [5.74, 6) is -0.805. The highest BCUT2D eigenvalue weighted by Gasteiger charge is 2.14. The van der Waals surface area contributed by atoms with Crippen LogP contribution in [0.1, 0.15) is 15.9 Å². The number of esters is 1. The summed E-state index contributed by atoms with van der Waals surface area (Å²) in [7, 11) is 1.29. The number of anilines is 1. The molecule has 0 heterocycles. The lowest BCUT2D eigenvalue weighted by atomic mass is 10.1. The first-order valence-corrected chi connectivity index (χ1v) is 7.18. The van der Waals surface area contributed by atoms with Crippen LogP contribution in [0.5, 0.6) is 0 Å². The van der Waals surface area contributed by atoms with E-state index in [1.54, 1.807) is 42.5 Å². The molecular formula is C16H13Cl2NO3. The molecule has 2 aromatic carbocycles. The Morgan fingerprint density at radius 2 is 1.86 bits per heavy atom. The molecule has 4 nitrogen and oxygen atoms in total. The van der Waals surface area contributed by atoms with Crippen molar-refractivity contribution in [1.29, 1.82) is 0 Å². The Bertz CT molecular complexity index is 716. The number of carbonyl (C=O) groups is 2. The molecule has 0 bridgehead atoms. The smallest absolute Gasteiger partial charge is 0.339 e. The van der Waals surface area contributed by atoms with Gasteiger partial charge in [0, 0.05) is 10.0 Å². The lowest BCUT2D eigenvalue weighted by Gasteiger charge is -2.10.